The molecule has 0 aliphatic heterocycles. The third-order valence-corrected chi connectivity index (χ3v) is 4.15. The van der Waals surface area contributed by atoms with E-state index in [1.807, 2.05) is 0 Å². The van der Waals surface area contributed by atoms with Crippen molar-refractivity contribution in [2.24, 2.45) is 0 Å². The van der Waals surface area contributed by atoms with Crippen LogP contribution in [0.4, 0.5) is 0 Å². The fourth-order valence-electron chi connectivity index (χ4n) is 1.16. The first kappa shape index (κ1) is 13.5. The number of rotatable bonds is 5. The fourth-order valence-corrected chi connectivity index (χ4v) is 2.92. The van der Waals surface area contributed by atoms with Crippen molar-refractivity contribution < 1.29 is 18.3 Å². The normalized spacial score (nSPS) is 11.6. The quantitative estimate of drug-likeness (QED) is 0.845. The molecule has 0 bridgehead atoms. The first-order valence-electron chi connectivity index (χ1n) is 4.76. The van der Waals surface area contributed by atoms with E-state index in [1.165, 1.54) is 12.1 Å². The average Bonchev–Trinajstić information content (AvgIpc) is 2.22. The molecule has 0 aliphatic carbocycles. The Morgan fingerprint density at radius 3 is 2.75 bits per heavy atom. The van der Waals surface area contributed by atoms with E-state index in [2.05, 4.69) is 15.9 Å². The molecule has 1 N–H and O–H groups in total. The molecule has 0 fully saturated rings. The topological polar surface area (TPSA) is 63.6 Å². The van der Waals surface area contributed by atoms with Crippen LogP contribution < -0.4 is 0 Å². The maximum absolute atomic E-state index is 11.8. The number of aromatic hydroxyl groups is 1. The van der Waals surface area contributed by atoms with Crippen molar-refractivity contribution in [1.29, 1.82) is 0 Å². The van der Waals surface area contributed by atoms with Gasteiger partial charge in [0, 0.05) is 11.1 Å². The molecule has 0 saturated carbocycles. The molecular formula is C10H13BrO4S. The molecular weight excluding hydrogens is 296 g/mol. The highest BCUT2D eigenvalue weighted by molar-refractivity contribution is 9.10. The second kappa shape index (κ2) is 5.65. The molecule has 16 heavy (non-hydrogen) atoms. The Bertz CT molecular complexity index is 456. The van der Waals surface area contributed by atoms with Gasteiger partial charge in [0.05, 0.1) is 12.4 Å². The van der Waals surface area contributed by atoms with Gasteiger partial charge in [0.1, 0.15) is 10.6 Å². The zero-order valence-corrected chi connectivity index (χ0v) is 11.2. The summed E-state index contributed by atoms with van der Waals surface area (Å²) >= 11 is 3.16. The molecule has 0 amide bonds. The summed E-state index contributed by atoms with van der Waals surface area (Å²) in [5.41, 5.74) is 0. The number of phenolic OH excluding ortho intramolecular Hbond substituents is 1. The molecule has 1 rings (SSSR count). The lowest BCUT2D eigenvalue weighted by atomic mass is 10.3. The Labute approximate surface area is 103 Å². The monoisotopic (exact) mass is 308 g/mol. The van der Waals surface area contributed by atoms with Crippen molar-refractivity contribution in [2.45, 2.75) is 11.8 Å². The van der Waals surface area contributed by atoms with E-state index in [1.54, 1.807) is 13.0 Å². The largest absolute Gasteiger partial charge is 0.507 e. The van der Waals surface area contributed by atoms with Crippen LogP contribution in [0.2, 0.25) is 0 Å². The molecule has 90 valence electrons. The summed E-state index contributed by atoms with van der Waals surface area (Å²) in [6.45, 7) is 2.40. The molecule has 4 nitrogen and oxygen atoms in total. The van der Waals surface area contributed by atoms with E-state index in [4.69, 9.17) is 4.74 Å². The number of hydrogen-bond acceptors (Lipinski definition) is 4. The maximum Gasteiger partial charge on any atom is 0.184 e. The third kappa shape index (κ3) is 3.47. The zero-order valence-electron chi connectivity index (χ0n) is 8.81. The molecule has 1 aromatic rings. The first-order chi connectivity index (χ1) is 7.47. The summed E-state index contributed by atoms with van der Waals surface area (Å²) in [4.78, 5) is -0.0680. The Morgan fingerprint density at radius 1 is 1.44 bits per heavy atom. The van der Waals surface area contributed by atoms with Crippen LogP contribution in [-0.2, 0) is 14.6 Å². The SMILES string of the molecule is CCOCCS(=O)(=O)c1cc(Br)ccc1O. The van der Waals surface area contributed by atoms with E-state index in [-0.39, 0.29) is 23.0 Å². The van der Waals surface area contributed by atoms with E-state index in [0.717, 1.165) is 0 Å². The lowest BCUT2D eigenvalue weighted by molar-refractivity contribution is 0.163. The van der Waals surface area contributed by atoms with Crippen molar-refractivity contribution in [1.82, 2.24) is 0 Å². The Morgan fingerprint density at radius 2 is 2.12 bits per heavy atom. The van der Waals surface area contributed by atoms with Crippen molar-refractivity contribution in [3.05, 3.63) is 22.7 Å². The minimum atomic E-state index is -3.49. The molecule has 0 unspecified atom stereocenters. The van der Waals surface area contributed by atoms with Gasteiger partial charge in [-0.3, -0.25) is 0 Å². The van der Waals surface area contributed by atoms with Crippen LogP contribution in [0.1, 0.15) is 6.92 Å². The van der Waals surface area contributed by atoms with Crippen molar-refractivity contribution in [3.8, 4) is 5.75 Å². The number of sulfone groups is 1. The number of benzene rings is 1. The van der Waals surface area contributed by atoms with E-state index >= 15 is 0 Å². The van der Waals surface area contributed by atoms with Crippen LogP contribution >= 0.6 is 15.9 Å². The number of ether oxygens (including phenoxy) is 1. The summed E-state index contributed by atoms with van der Waals surface area (Å²) < 4.78 is 29.2. The molecule has 0 heterocycles. The maximum atomic E-state index is 11.8. The number of hydrogen-bond donors (Lipinski definition) is 1. The van der Waals surface area contributed by atoms with Gasteiger partial charge in [-0.15, -0.1) is 0 Å². The summed E-state index contributed by atoms with van der Waals surface area (Å²) in [7, 11) is -3.49. The minimum Gasteiger partial charge on any atom is -0.507 e. The second-order valence-electron chi connectivity index (χ2n) is 3.13. The van der Waals surface area contributed by atoms with Crippen LogP contribution in [0, 0.1) is 0 Å². The highest BCUT2D eigenvalue weighted by atomic mass is 79.9. The molecule has 6 heteroatoms. The number of phenols is 1. The van der Waals surface area contributed by atoms with Crippen molar-refractivity contribution in [3.63, 3.8) is 0 Å². The van der Waals surface area contributed by atoms with Gasteiger partial charge in [0.2, 0.25) is 0 Å². The van der Waals surface area contributed by atoms with Gasteiger partial charge < -0.3 is 9.84 Å². The van der Waals surface area contributed by atoms with Crippen LogP contribution in [0.15, 0.2) is 27.6 Å². The predicted molar refractivity (Wildman–Crippen MR) is 64.4 cm³/mol. The smallest absolute Gasteiger partial charge is 0.184 e. The van der Waals surface area contributed by atoms with Crippen LogP contribution in [0.3, 0.4) is 0 Å². The number of halogens is 1. The van der Waals surface area contributed by atoms with Crippen LogP contribution in [-0.4, -0.2) is 32.5 Å². The minimum absolute atomic E-state index is 0.0680. The van der Waals surface area contributed by atoms with E-state index < -0.39 is 9.84 Å². The van der Waals surface area contributed by atoms with Crippen LogP contribution in [0.5, 0.6) is 5.75 Å². The second-order valence-corrected chi connectivity index (χ2v) is 6.12. The summed E-state index contributed by atoms with van der Waals surface area (Å²) in [5, 5.41) is 9.49. The summed E-state index contributed by atoms with van der Waals surface area (Å²) in [5.74, 6) is -0.370. The molecule has 0 radical (unpaired) electrons. The molecule has 0 spiro atoms. The molecule has 0 aromatic heterocycles. The molecule has 1 aromatic carbocycles. The van der Waals surface area contributed by atoms with Crippen LogP contribution in [0.25, 0.3) is 0 Å². The summed E-state index contributed by atoms with van der Waals surface area (Å²) in [6, 6.07) is 4.31. The Balaban J connectivity index is 2.93. The zero-order chi connectivity index (χ0) is 12.2. The molecule has 0 aliphatic rings. The highest BCUT2D eigenvalue weighted by Gasteiger charge is 2.18. The predicted octanol–water partition coefficient (Wildman–Crippen LogP) is 1.96. The van der Waals surface area contributed by atoms with Gasteiger partial charge >= 0.3 is 0 Å². The fraction of sp³-hybridized carbons (Fsp3) is 0.400. The van der Waals surface area contributed by atoms with Crippen molar-refractivity contribution in [2.75, 3.05) is 19.0 Å². The van der Waals surface area contributed by atoms with E-state index in [9.17, 15) is 13.5 Å². The van der Waals surface area contributed by atoms with Crippen molar-refractivity contribution >= 4 is 25.8 Å². The third-order valence-electron chi connectivity index (χ3n) is 1.96. The lowest BCUT2D eigenvalue weighted by Crippen LogP contribution is -2.12. The van der Waals surface area contributed by atoms with E-state index in [0.29, 0.717) is 11.1 Å². The average molecular weight is 309 g/mol. The molecule has 0 atom stereocenters. The Kier molecular flexibility index (Phi) is 4.76. The van der Waals surface area contributed by atoms with Gasteiger partial charge in [-0.1, -0.05) is 15.9 Å². The van der Waals surface area contributed by atoms with Gasteiger partial charge in [0.15, 0.2) is 9.84 Å². The standard InChI is InChI=1S/C10H13BrO4S/c1-2-15-5-6-16(13,14)10-7-8(11)3-4-9(10)12/h3-4,7,12H,2,5-6H2,1H3. The van der Waals surface area contributed by atoms with Gasteiger partial charge in [-0.05, 0) is 25.1 Å². The lowest BCUT2D eigenvalue weighted by Gasteiger charge is -2.07. The van der Waals surface area contributed by atoms with Gasteiger partial charge in [0.25, 0.3) is 0 Å². The van der Waals surface area contributed by atoms with Gasteiger partial charge in [-0.25, -0.2) is 8.42 Å². The first-order valence-corrected chi connectivity index (χ1v) is 7.21. The molecule has 0 saturated heterocycles. The summed E-state index contributed by atoms with van der Waals surface area (Å²) in [6.07, 6.45) is 0. The van der Waals surface area contributed by atoms with Gasteiger partial charge in [-0.2, -0.15) is 0 Å². The highest BCUT2D eigenvalue weighted by Crippen LogP contribution is 2.26. The Hall–Kier alpha value is -0.590.